The molecule has 104 valence electrons. The third kappa shape index (κ3) is 5.24. The van der Waals surface area contributed by atoms with Crippen molar-refractivity contribution in [2.45, 2.75) is 19.6 Å². The normalized spacial score (nSPS) is 10.2. The Morgan fingerprint density at radius 1 is 0.800 bits per heavy atom. The monoisotopic (exact) mass is 270 g/mol. The maximum Gasteiger partial charge on any atom is 0.308 e. The molecule has 0 saturated heterocycles. The third-order valence-corrected chi connectivity index (χ3v) is 2.80. The van der Waals surface area contributed by atoms with Crippen LogP contribution < -0.4 is 0 Å². The summed E-state index contributed by atoms with van der Waals surface area (Å²) in [6, 6.07) is 19.5. The Balaban J connectivity index is 1.59. The van der Waals surface area contributed by atoms with Gasteiger partial charge in [0.2, 0.25) is 0 Å². The van der Waals surface area contributed by atoms with Crippen LogP contribution in [-0.2, 0) is 27.5 Å². The highest BCUT2D eigenvalue weighted by Crippen LogP contribution is 2.03. The summed E-state index contributed by atoms with van der Waals surface area (Å²) in [6.07, 6.45) is 0.277. The molecule has 0 N–H and O–H groups in total. The molecule has 0 aliphatic carbocycles. The lowest BCUT2D eigenvalue weighted by Gasteiger charge is -2.06. The summed E-state index contributed by atoms with van der Waals surface area (Å²) in [4.78, 5) is 11.5. The molecule has 3 nitrogen and oxygen atoms in total. The first-order valence-electron chi connectivity index (χ1n) is 6.66. The highest BCUT2D eigenvalue weighted by atomic mass is 16.5. The smallest absolute Gasteiger partial charge is 0.308 e. The molecule has 20 heavy (non-hydrogen) atoms. The van der Waals surface area contributed by atoms with Crippen molar-refractivity contribution in [3.8, 4) is 0 Å². The molecule has 0 aliphatic rings. The standard InChI is InChI=1S/C17H18O3/c18-17(20-14-16-9-5-2-6-10-16)11-12-19-13-15-7-3-1-4-8-15/h1-10H,11-14H2. The lowest BCUT2D eigenvalue weighted by Crippen LogP contribution is -2.08. The molecule has 0 amide bonds. The molecule has 2 rings (SSSR count). The van der Waals surface area contributed by atoms with Crippen molar-refractivity contribution in [1.82, 2.24) is 0 Å². The minimum atomic E-state index is -0.234. The van der Waals surface area contributed by atoms with E-state index in [-0.39, 0.29) is 12.4 Å². The average molecular weight is 270 g/mol. The topological polar surface area (TPSA) is 35.5 Å². The van der Waals surface area contributed by atoms with E-state index in [0.29, 0.717) is 19.8 Å². The zero-order valence-corrected chi connectivity index (χ0v) is 11.3. The van der Waals surface area contributed by atoms with Gasteiger partial charge in [-0.15, -0.1) is 0 Å². The minimum absolute atomic E-state index is 0.234. The Morgan fingerprint density at radius 2 is 1.35 bits per heavy atom. The molecular formula is C17H18O3. The molecule has 0 aliphatic heterocycles. The van der Waals surface area contributed by atoms with Crippen molar-refractivity contribution < 1.29 is 14.3 Å². The van der Waals surface area contributed by atoms with Crippen LogP contribution in [0.5, 0.6) is 0 Å². The van der Waals surface area contributed by atoms with E-state index in [0.717, 1.165) is 11.1 Å². The second-order valence-corrected chi connectivity index (χ2v) is 4.43. The summed E-state index contributed by atoms with van der Waals surface area (Å²) in [6.45, 7) is 1.22. The molecular weight excluding hydrogens is 252 g/mol. The van der Waals surface area contributed by atoms with E-state index >= 15 is 0 Å². The number of hydrogen-bond donors (Lipinski definition) is 0. The summed E-state index contributed by atoms with van der Waals surface area (Å²) >= 11 is 0. The van der Waals surface area contributed by atoms with Crippen LogP contribution in [0, 0.1) is 0 Å². The van der Waals surface area contributed by atoms with Gasteiger partial charge in [-0.3, -0.25) is 4.79 Å². The van der Waals surface area contributed by atoms with Gasteiger partial charge in [0, 0.05) is 0 Å². The van der Waals surface area contributed by atoms with E-state index < -0.39 is 0 Å². The van der Waals surface area contributed by atoms with Gasteiger partial charge in [-0.25, -0.2) is 0 Å². The van der Waals surface area contributed by atoms with Crippen molar-refractivity contribution >= 4 is 5.97 Å². The van der Waals surface area contributed by atoms with Gasteiger partial charge in [0.05, 0.1) is 19.6 Å². The maximum absolute atomic E-state index is 11.5. The first-order valence-corrected chi connectivity index (χ1v) is 6.66. The summed E-state index contributed by atoms with van der Waals surface area (Å²) in [7, 11) is 0. The Hall–Kier alpha value is -2.13. The van der Waals surface area contributed by atoms with E-state index in [9.17, 15) is 4.79 Å². The number of benzene rings is 2. The van der Waals surface area contributed by atoms with E-state index in [1.54, 1.807) is 0 Å². The number of rotatable bonds is 7. The zero-order chi connectivity index (χ0) is 14.0. The van der Waals surface area contributed by atoms with Crippen LogP contribution in [0.25, 0.3) is 0 Å². The van der Waals surface area contributed by atoms with Crippen LogP contribution >= 0.6 is 0 Å². The number of esters is 1. The molecule has 0 saturated carbocycles. The Morgan fingerprint density at radius 3 is 1.95 bits per heavy atom. The summed E-state index contributed by atoms with van der Waals surface area (Å²) in [5.74, 6) is -0.234. The lowest BCUT2D eigenvalue weighted by atomic mass is 10.2. The highest BCUT2D eigenvalue weighted by Gasteiger charge is 2.03. The Labute approximate surface area is 119 Å². The molecule has 0 fully saturated rings. The van der Waals surface area contributed by atoms with Crippen molar-refractivity contribution in [1.29, 1.82) is 0 Å². The van der Waals surface area contributed by atoms with Gasteiger partial charge in [-0.2, -0.15) is 0 Å². The Kier molecular flexibility index (Phi) is 5.80. The van der Waals surface area contributed by atoms with Crippen molar-refractivity contribution in [2.24, 2.45) is 0 Å². The van der Waals surface area contributed by atoms with Crippen LogP contribution in [0.4, 0.5) is 0 Å². The molecule has 0 spiro atoms. The maximum atomic E-state index is 11.5. The van der Waals surface area contributed by atoms with E-state index in [4.69, 9.17) is 9.47 Å². The van der Waals surface area contributed by atoms with Gasteiger partial charge in [0.25, 0.3) is 0 Å². The first-order chi connectivity index (χ1) is 9.84. The van der Waals surface area contributed by atoms with Gasteiger partial charge in [0.15, 0.2) is 0 Å². The number of carbonyl (C=O) groups is 1. The van der Waals surface area contributed by atoms with Crippen LogP contribution in [0.2, 0.25) is 0 Å². The summed E-state index contributed by atoms with van der Waals surface area (Å²) in [5.41, 5.74) is 2.09. The molecule has 0 radical (unpaired) electrons. The fraction of sp³-hybridized carbons (Fsp3) is 0.235. The van der Waals surface area contributed by atoms with Crippen LogP contribution in [0.1, 0.15) is 17.5 Å². The largest absolute Gasteiger partial charge is 0.461 e. The molecule has 3 heteroatoms. The van der Waals surface area contributed by atoms with E-state index in [1.807, 2.05) is 60.7 Å². The fourth-order valence-electron chi connectivity index (χ4n) is 1.73. The predicted molar refractivity (Wildman–Crippen MR) is 77.0 cm³/mol. The molecule has 0 bridgehead atoms. The lowest BCUT2D eigenvalue weighted by molar-refractivity contribution is -0.146. The van der Waals surface area contributed by atoms with E-state index in [2.05, 4.69) is 0 Å². The summed E-state index contributed by atoms with van der Waals surface area (Å²) in [5, 5.41) is 0. The fourth-order valence-corrected chi connectivity index (χ4v) is 1.73. The van der Waals surface area contributed by atoms with Gasteiger partial charge in [0.1, 0.15) is 6.61 Å². The van der Waals surface area contributed by atoms with Gasteiger partial charge in [-0.1, -0.05) is 60.7 Å². The van der Waals surface area contributed by atoms with Crippen molar-refractivity contribution in [3.05, 3.63) is 71.8 Å². The molecule has 2 aromatic carbocycles. The zero-order valence-electron chi connectivity index (χ0n) is 11.3. The van der Waals surface area contributed by atoms with Gasteiger partial charge >= 0.3 is 5.97 Å². The second kappa shape index (κ2) is 8.12. The predicted octanol–water partition coefficient (Wildman–Crippen LogP) is 3.34. The van der Waals surface area contributed by atoms with Crippen molar-refractivity contribution in [2.75, 3.05) is 6.61 Å². The summed E-state index contributed by atoms with van der Waals surface area (Å²) < 4.78 is 10.6. The van der Waals surface area contributed by atoms with Crippen LogP contribution in [0.3, 0.4) is 0 Å². The van der Waals surface area contributed by atoms with Gasteiger partial charge < -0.3 is 9.47 Å². The molecule has 2 aromatic rings. The van der Waals surface area contributed by atoms with Crippen LogP contribution in [0.15, 0.2) is 60.7 Å². The van der Waals surface area contributed by atoms with E-state index in [1.165, 1.54) is 0 Å². The second-order valence-electron chi connectivity index (χ2n) is 4.43. The van der Waals surface area contributed by atoms with Crippen molar-refractivity contribution in [3.63, 3.8) is 0 Å². The number of ether oxygens (including phenoxy) is 2. The highest BCUT2D eigenvalue weighted by molar-refractivity contribution is 5.69. The molecule has 0 aromatic heterocycles. The third-order valence-electron chi connectivity index (χ3n) is 2.80. The minimum Gasteiger partial charge on any atom is -0.461 e. The van der Waals surface area contributed by atoms with Gasteiger partial charge in [-0.05, 0) is 11.1 Å². The number of carbonyl (C=O) groups excluding carboxylic acids is 1. The quantitative estimate of drug-likeness (QED) is 0.572. The molecule has 0 atom stereocenters. The molecule has 0 unspecified atom stereocenters. The average Bonchev–Trinajstić information content (AvgIpc) is 2.52. The molecule has 0 heterocycles. The SMILES string of the molecule is O=C(CCOCc1ccccc1)OCc1ccccc1. The van der Waals surface area contributed by atoms with Crippen LogP contribution in [-0.4, -0.2) is 12.6 Å². The Bertz CT molecular complexity index is 508. The first kappa shape index (κ1) is 14.3. The number of hydrogen-bond acceptors (Lipinski definition) is 3.